The van der Waals surface area contributed by atoms with Crippen molar-refractivity contribution in [3.63, 3.8) is 0 Å². The fourth-order valence-electron chi connectivity index (χ4n) is 2.01. The number of carboxylic acid groups (broad SMARTS) is 1. The number of ether oxygens (including phenoxy) is 1. The van der Waals surface area contributed by atoms with Crippen LogP contribution in [0.1, 0.15) is 6.42 Å². The van der Waals surface area contributed by atoms with Gasteiger partial charge in [0.15, 0.2) is 12.2 Å². The Morgan fingerprint density at radius 2 is 2.04 bits per heavy atom. The Kier molecular flexibility index (Phi) is 5.83. The summed E-state index contributed by atoms with van der Waals surface area (Å²) < 4.78 is 16.8. The minimum Gasteiger partial charge on any atom is -0.478 e. The minimum absolute atomic E-state index is 0.0291. The molecule has 0 bridgehead atoms. The summed E-state index contributed by atoms with van der Waals surface area (Å²) in [7, 11) is -1.43. The van der Waals surface area contributed by atoms with Crippen LogP contribution >= 0.6 is 0 Å². The van der Waals surface area contributed by atoms with Crippen LogP contribution in [0.5, 0.6) is 0 Å². The van der Waals surface area contributed by atoms with Gasteiger partial charge in [0.05, 0.1) is 27.7 Å². The third-order valence-electron chi connectivity index (χ3n) is 3.17. The number of hydrogen-bond donors (Lipinski definition) is 2. The van der Waals surface area contributed by atoms with Crippen LogP contribution in [0.3, 0.4) is 0 Å². The molecule has 0 aliphatic carbocycles. The maximum absolute atomic E-state index is 12.3. The fraction of sp³-hybridized carbons (Fsp3) is 0.125. The number of benzene rings is 1. The SMILES string of the molecule is O=C=COC(=O)C1=CNC(CS(=O)c2ccccc2)=C(C(=O)O)C1. The highest BCUT2D eigenvalue weighted by Gasteiger charge is 2.25. The van der Waals surface area contributed by atoms with Gasteiger partial charge in [-0.25, -0.2) is 14.4 Å². The molecule has 0 amide bonds. The second-order valence-corrected chi connectivity index (χ2v) is 6.15. The Labute approximate surface area is 139 Å². The Morgan fingerprint density at radius 3 is 2.67 bits per heavy atom. The summed E-state index contributed by atoms with van der Waals surface area (Å²) in [5.74, 6) is -0.822. The number of carboxylic acids is 1. The molecule has 124 valence electrons. The number of aliphatic carboxylic acids is 1. The largest absolute Gasteiger partial charge is 0.478 e. The van der Waals surface area contributed by atoms with E-state index in [1.807, 2.05) is 0 Å². The minimum atomic E-state index is -1.43. The molecule has 0 fully saturated rings. The molecule has 0 saturated carbocycles. The summed E-state index contributed by atoms with van der Waals surface area (Å²) in [6, 6.07) is 8.63. The quantitative estimate of drug-likeness (QED) is 0.447. The van der Waals surface area contributed by atoms with Crippen LogP contribution in [0.4, 0.5) is 0 Å². The number of esters is 1. The van der Waals surface area contributed by atoms with Gasteiger partial charge < -0.3 is 15.2 Å². The van der Waals surface area contributed by atoms with Gasteiger partial charge in [0, 0.05) is 23.2 Å². The Balaban J connectivity index is 2.17. The molecule has 1 aromatic carbocycles. The Bertz CT molecular complexity index is 790. The number of carbonyl (C=O) groups excluding carboxylic acids is 2. The molecule has 2 N–H and O–H groups in total. The molecule has 1 heterocycles. The zero-order chi connectivity index (χ0) is 17.5. The highest BCUT2D eigenvalue weighted by atomic mass is 32.2. The lowest BCUT2D eigenvalue weighted by atomic mass is 10.0. The second kappa shape index (κ2) is 8.05. The van der Waals surface area contributed by atoms with E-state index in [0.29, 0.717) is 11.2 Å². The lowest BCUT2D eigenvalue weighted by molar-refractivity contribution is -0.133. The average Bonchev–Trinajstić information content (AvgIpc) is 2.60. The molecule has 1 aromatic rings. The van der Waals surface area contributed by atoms with Gasteiger partial charge >= 0.3 is 11.9 Å². The highest BCUT2D eigenvalue weighted by molar-refractivity contribution is 7.85. The van der Waals surface area contributed by atoms with E-state index in [1.165, 1.54) is 12.1 Å². The maximum atomic E-state index is 12.3. The molecule has 24 heavy (non-hydrogen) atoms. The van der Waals surface area contributed by atoms with Gasteiger partial charge in [-0.3, -0.25) is 4.21 Å². The van der Waals surface area contributed by atoms with E-state index in [2.05, 4.69) is 10.1 Å². The predicted molar refractivity (Wildman–Crippen MR) is 84.6 cm³/mol. The number of carbonyl (C=O) groups is 2. The van der Waals surface area contributed by atoms with E-state index in [1.54, 1.807) is 30.3 Å². The lowest BCUT2D eigenvalue weighted by Crippen LogP contribution is -2.25. The molecule has 1 unspecified atom stereocenters. The Morgan fingerprint density at radius 1 is 1.33 bits per heavy atom. The first-order valence-corrected chi connectivity index (χ1v) is 8.09. The van der Waals surface area contributed by atoms with Gasteiger partial charge in [0.2, 0.25) is 0 Å². The van der Waals surface area contributed by atoms with Gasteiger partial charge in [-0.2, -0.15) is 0 Å². The topological polar surface area (TPSA) is 110 Å². The molecule has 0 saturated heterocycles. The normalized spacial score (nSPS) is 14.8. The van der Waals surface area contributed by atoms with Crippen molar-refractivity contribution in [2.24, 2.45) is 0 Å². The first-order valence-electron chi connectivity index (χ1n) is 6.77. The third-order valence-corrected chi connectivity index (χ3v) is 4.52. The molecule has 0 radical (unpaired) electrons. The third kappa shape index (κ3) is 4.28. The Hall–Kier alpha value is -2.96. The van der Waals surface area contributed by atoms with Crippen LogP contribution in [0.25, 0.3) is 0 Å². The second-order valence-electron chi connectivity index (χ2n) is 4.70. The monoisotopic (exact) mass is 347 g/mol. The molecule has 0 spiro atoms. The summed E-state index contributed by atoms with van der Waals surface area (Å²) in [6.45, 7) is 0. The average molecular weight is 347 g/mol. The van der Waals surface area contributed by atoms with Crippen LogP contribution in [-0.4, -0.2) is 32.9 Å². The smallest absolute Gasteiger partial charge is 0.341 e. The van der Waals surface area contributed by atoms with E-state index >= 15 is 0 Å². The number of nitrogens with one attached hydrogen (secondary N) is 1. The van der Waals surface area contributed by atoms with Gasteiger partial charge in [0.1, 0.15) is 0 Å². The van der Waals surface area contributed by atoms with E-state index in [4.69, 9.17) is 0 Å². The van der Waals surface area contributed by atoms with Gasteiger partial charge in [0.25, 0.3) is 0 Å². The fourth-order valence-corrected chi connectivity index (χ4v) is 3.16. The highest BCUT2D eigenvalue weighted by Crippen LogP contribution is 2.22. The van der Waals surface area contributed by atoms with Crippen molar-refractivity contribution in [3.05, 3.63) is 59.6 Å². The number of dihydropyridines is 1. The summed E-state index contributed by atoms with van der Waals surface area (Å²) in [4.78, 5) is 33.7. The number of rotatable bonds is 6. The first-order chi connectivity index (χ1) is 11.5. The molecule has 0 aromatic heterocycles. The molecule has 2 rings (SSSR count). The molecule has 1 aliphatic heterocycles. The van der Waals surface area contributed by atoms with Crippen molar-refractivity contribution in [1.29, 1.82) is 0 Å². The summed E-state index contributed by atoms with van der Waals surface area (Å²) >= 11 is 0. The van der Waals surface area contributed by atoms with Gasteiger partial charge in [-0.1, -0.05) is 18.2 Å². The van der Waals surface area contributed by atoms with Crippen molar-refractivity contribution in [1.82, 2.24) is 5.32 Å². The van der Waals surface area contributed by atoms with Crippen LogP contribution in [0.15, 0.2) is 64.5 Å². The van der Waals surface area contributed by atoms with Crippen LogP contribution in [0.2, 0.25) is 0 Å². The van der Waals surface area contributed by atoms with Crippen molar-refractivity contribution in [2.45, 2.75) is 11.3 Å². The van der Waals surface area contributed by atoms with Crippen molar-refractivity contribution < 1.29 is 28.4 Å². The van der Waals surface area contributed by atoms with Gasteiger partial charge in [-0.15, -0.1) is 0 Å². The van der Waals surface area contributed by atoms with Crippen molar-refractivity contribution in [3.8, 4) is 0 Å². The molecular formula is C16H13NO6S. The summed E-state index contributed by atoms with van der Waals surface area (Å²) in [5.41, 5.74) is 0.212. The van der Waals surface area contributed by atoms with Gasteiger partial charge in [-0.05, 0) is 12.1 Å². The molecule has 7 nitrogen and oxygen atoms in total. The standard InChI is InChI=1S/C16H13NO6S/c18-6-7-23-16(21)11-8-13(15(19)20)14(17-9-11)10-24(22)12-4-2-1-3-5-12/h1-5,7,9,17H,8,10H2,(H,19,20). The summed E-state index contributed by atoms with van der Waals surface area (Å²) in [6.07, 6.45) is 1.63. The number of hydrogen-bond acceptors (Lipinski definition) is 6. The lowest BCUT2D eigenvalue weighted by Gasteiger charge is -2.18. The van der Waals surface area contributed by atoms with E-state index in [0.717, 1.165) is 0 Å². The zero-order valence-corrected chi connectivity index (χ0v) is 13.2. The maximum Gasteiger partial charge on any atom is 0.341 e. The van der Waals surface area contributed by atoms with Crippen molar-refractivity contribution >= 4 is 28.7 Å². The molecule has 1 atom stereocenters. The first kappa shape index (κ1) is 17.4. The predicted octanol–water partition coefficient (Wildman–Crippen LogP) is 0.899. The van der Waals surface area contributed by atoms with E-state index in [-0.39, 0.29) is 29.0 Å². The van der Waals surface area contributed by atoms with E-state index in [9.17, 15) is 23.7 Å². The molecule has 8 heteroatoms. The molecule has 1 aliphatic rings. The van der Waals surface area contributed by atoms with Crippen molar-refractivity contribution in [2.75, 3.05) is 5.75 Å². The van der Waals surface area contributed by atoms with Crippen LogP contribution < -0.4 is 5.32 Å². The zero-order valence-electron chi connectivity index (χ0n) is 12.4. The molecular weight excluding hydrogens is 334 g/mol. The summed E-state index contributed by atoms with van der Waals surface area (Å²) in [5, 5.41) is 12.0. The van der Waals surface area contributed by atoms with Crippen LogP contribution in [0, 0.1) is 0 Å². The van der Waals surface area contributed by atoms with E-state index < -0.39 is 22.7 Å². The van der Waals surface area contributed by atoms with Crippen LogP contribution in [-0.2, 0) is 29.9 Å².